The first kappa shape index (κ1) is 39.8. The van der Waals surface area contributed by atoms with Crippen LogP contribution in [0.15, 0.2) is 60.7 Å². The van der Waals surface area contributed by atoms with Gasteiger partial charge in [-0.3, -0.25) is 15.0 Å². The molecule has 55 heavy (non-hydrogen) atoms. The predicted octanol–water partition coefficient (Wildman–Crippen LogP) is 6.72. The molecular weight excluding hydrogens is 740 g/mol. The quantitative estimate of drug-likeness (QED) is 0.0651. The third-order valence-electron chi connectivity index (χ3n) is 8.95. The van der Waals surface area contributed by atoms with E-state index in [1.165, 1.54) is 28.7 Å². The number of ether oxygens (including phenoxy) is 2. The summed E-state index contributed by atoms with van der Waals surface area (Å²) in [6, 6.07) is 18.1. The number of thiazole rings is 2. The molecule has 5 aromatic rings. The number of fused-ring (bicyclic) bond motifs is 2. The van der Waals surface area contributed by atoms with Gasteiger partial charge in [0.2, 0.25) is 0 Å². The number of halogens is 1. The van der Waals surface area contributed by atoms with Crippen LogP contribution in [0.2, 0.25) is 0 Å². The number of aromatic nitrogens is 2. The Kier molecular flexibility index (Phi) is 14.2. The van der Waals surface area contributed by atoms with Crippen molar-refractivity contribution in [2.75, 3.05) is 69.8 Å². The number of likely N-dealkylation sites (N-methyl/N-ethyl adjacent to an activating group) is 1. The van der Waals surface area contributed by atoms with Crippen LogP contribution < -0.4 is 20.3 Å². The lowest BCUT2D eigenvalue weighted by Crippen LogP contribution is -2.32. The molecule has 0 aliphatic carbocycles. The molecule has 0 bridgehead atoms. The van der Waals surface area contributed by atoms with Crippen LogP contribution >= 0.6 is 22.7 Å². The van der Waals surface area contributed by atoms with Gasteiger partial charge in [0.1, 0.15) is 0 Å². The van der Waals surface area contributed by atoms with Crippen LogP contribution in [0, 0.1) is 17.7 Å². The van der Waals surface area contributed by atoms with Gasteiger partial charge in [-0.2, -0.15) is 0 Å². The molecule has 3 heterocycles. The number of carboxylic acid groups (broad SMARTS) is 1. The van der Waals surface area contributed by atoms with Crippen LogP contribution in [0.4, 0.5) is 14.7 Å². The van der Waals surface area contributed by atoms with E-state index in [0.29, 0.717) is 71.8 Å². The Balaban J connectivity index is 0.998. The average molecular weight is 785 g/mol. The summed E-state index contributed by atoms with van der Waals surface area (Å²) in [7, 11) is 1.99. The Labute approximate surface area is 328 Å². The summed E-state index contributed by atoms with van der Waals surface area (Å²) in [5.41, 5.74) is 3.90. The van der Waals surface area contributed by atoms with E-state index in [9.17, 15) is 19.1 Å². The number of nitrogens with zero attached hydrogens (tertiary/aromatic N) is 4. The number of carboxylic acids is 1. The number of nitrogens with one attached hydrogen (secondary N) is 2. The summed E-state index contributed by atoms with van der Waals surface area (Å²) >= 11 is 2.75. The zero-order chi connectivity index (χ0) is 38.6. The van der Waals surface area contributed by atoms with Crippen molar-refractivity contribution in [1.29, 1.82) is 0 Å². The fourth-order valence-corrected chi connectivity index (χ4v) is 8.09. The van der Waals surface area contributed by atoms with Gasteiger partial charge in [-0.05, 0) is 80.3 Å². The van der Waals surface area contributed by atoms with E-state index in [1.54, 1.807) is 18.2 Å². The molecule has 0 saturated heterocycles. The Morgan fingerprint density at radius 1 is 1.05 bits per heavy atom. The lowest BCUT2D eigenvalue weighted by Gasteiger charge is -2.29. The van der Waals surface area contributed by atoms with Crippen LogP contribution in [-0.2, 0) is 24.1 Å². The number of benzene rings is 3. The minimum absolute atomic E-state index is 0.000635. The number of aromatic carboxylic acids is 1. The summed E-state index contributed by atoms with van der Waals surface area (Å²) in [4.78, 5) is 39.5. The van der Waals surface area contributed by atoms with Gasteiger partial charge in [-0.25, -0.2) is 19.2 Å². The number of amides is 1. The van der Waals surface area contributed by atoms with E-state index in [2.05, 4.69) is 44.3 Å². The molecule has 3 aromatic carbocycles. The third-order valence-corrected chi connectivity index (χ3v) is 11.1. The van der Waals surface area contributed by atoms with Crippen molar-refractivity contribution in [2.45, 2.75) is 39.2 Å². The van der Waals surface area contributed by atoms with E-state index in [1.807, 2.05) is 48.3 Å². The van der Waals surface area contributed by atoms with E-state index < -0.39 is 11.8 Å². The minimum Gasteiger partial charge on any atom is -0.491 e. The van der Waals surface area contributed by atoms with Gasteiger partial charge in [0, 0.05) is 55.3 Å². The maximum absolute atomic E-state index is 14.9. The van der Waals surface area contributed by atoms with Gasteiger partial charge in [-0.1, -0.05) is 54.4 Å². The molecule has 6 rings (SSSR count). The topological polar surface area (TPSA) is 129 Å². The number of anilines is 2. The van der Waals surface area contributed by atoms with Crippen molar-refractivity contribution < 1.29 is 28.6 Å². The first-order valence-corrected chi connectivity index (χ1v) is 20.1. The van der Waals surface area contributed by atoms with Crippen molar-refractivity contribution in [2.24, 2.45) is 0 Å². The third kappa shape index (κ3) is 10.9. The average Bonchev–Trinajstić information content (AvgIpc) is 3.80. The van der Waals surface area contributed by atoms with Crippen molar-refractivity contribution in [3.05, 3.63) is 99.3 Å². The molecule has 3 N–H and O–H groups in total. The number of carbonyl (C=O) groups excluding carboxylic acids is 1. The van der Waals surface area contributed by atoms with Crippen molar-refractivity contribution in [3.63, 3.8) is 0 Å². The second-order valence-electron chi connectivity index (χ2n) is 13.1. The molecule has 1 aliphatic heterocycles. The number of rotatable bonds is 18. The molecule has 0 spiro atoms. The monoisotopic (exact) mass is 784 g/mol. The molecule has 0 fully saturated rings. The Bertz CT molecular complexity index is 2130. The van der Waals surface area contributed by atoms with Crippen molar-refractivity contribution in [1.82, 2.24) is 20.2 Å². The maximum atomic E-state index is 14.9. The fourth-order valence-electron chi connectivity index (χ4n) is 6.11. The Hall–Kier alpha value is -4.91. The number of hydrogen-bond acceptors (Lipinski definition) is 11. The second kappa shape index (κ2) is 19.6. The van der Waals surface area contributed by atoms with E-state index in [-0.39, 0.29) is 24.0 Å². The zero-order valence-electron chi connectivity index (χ0n) is 31.0. The van der Waals surface area contributed by atoms with E-state index in [4.69, 9.17) is 9.47 Å². The number of carbonyl (C=O) groups is 2. The molecule has 0 unspecified atom stereocenters. The summed E-state index contributed by atoms with van der Waals surface area (Å²) in [6.45, 7) is 7.86. The molecule has 2 aromatic heterocycles. The Morgan fingerprint density at radius 3 is 2.75 bits per heavy atom. The molecular formula is C41H45FN6O5S2. The smallest absolute Gasteiger partial charge is 0.355 e. The normalized spacial score (nSPS) is 12.4. The molecule has 1 aliphatic rings. The predicted molar refractivity (Wildman–Crippen MR) is 216 cm³/mol. The highest BCUT2D eigenvalue weighted by atomic mass is 32.1. The van der Waals surface area contributed by atoms with Crippen molar-refractivity contribution >= 4 is 55.0 Å². The molecule has 0 saturated carbocycles. The van der Waals surface area contributed by atoms with Gasteiger partial charge >= 0.3 is 5.97 Å². The molecule has 11 nitrogen and oxygen atoms in total. The lowest BCUT2D eigenvalue weighted by molar-refractivity contribution is 0.0690. The minimum atomic E-state index is -1.11. The van der Waals surface area contributed by atoms with Crippen LogP contribution in [0.5, 0.6) is 5.75 Å². The molecule has 0 radical (unpaired) electrons. The van der Waals surface area contributed by atoms with Gasteiger partial charge in [0.15, 0.2) is 27.5 Å². The largest absolute Gasteiger partial charge is 0.491 e. The van der Waals surface area contributed by atoms with Gasteiger partial charge < -0.3 is 24.8 Å². The van der Waals surface area contributed by atoms with Gasteiger partial charge in [-0.15, -0.1) is 11.3 Å². The first-order valence-electron chi connectivity index (χ1n) is 18.4. The van der Waals surface area contributed by atoms with Crippen LogP contribution in [0.3, 0.4) is 0 Å². The number of aryl methyl sites for hydroxylation is 1. The van der Waals surface area contributed by atoms with Crippen molar-refractivity contribution in [3.8, 4) is 17.6 Å². The molecule has 14 heteroatoms. The van der Waals surface area contributed by atoms with E-state index >= 15 is 0 Å². The zero-order valence-corrected chi connectivity index (χ0v) is 32.7. The standard InChI is InChI=1S/C41H45FN6O5S2/c1-3-23-52-25-19-43-18-22-47(2)20-7-9-28-15-16-34(32(42)26-28)53-24-8-14-36-37(39(50)51)45-41(55-36)48-21-17-29-10-6-11-30(31(29)27-48)38(49)46-40-44-33-12-4-5-13-35(33)54-40/h4-6,10-13,15-16,26,43H,3,8,14,17-25,27H2,1-2H3,(H,50,51)(H,44,46,49). The van der Waals surface area contributed by atoms with Crippen LogP contribution in [0.1, 0.15) is 62.2 Å². The fraction of sp³-hybridized carbons (Fsp3) is 0.366. The Morgan fingerprint density at radius 2 is 1.93 bits per heavy atom. The molecule has 1 amide bonds. The maximum Gasteiger partial charge on any atom is 0.355 e. The summed E-state index contributed by atoms with van der Waals surface area (Å²) in [5, 5.41) is 17.4. The lowest BCUT2D eigenvalue weighted by atomic mass is 9.94. The number of para-hydroxylation sites is 1. The number of hydrogen-bond donors (Lipinski definition) is 3. The second-order valence-corrected chi connectivity index (χ2v) is 15.2. The molecule has 0 atom stereocenters. The van der Waals surface area contributed by atoms with Gasteiger partial charge in [0.05, 0.1) is 30.0 Å². The summed E-state index contributed by atoms with van der Waals surface area (Å²) < 4.78 is 27.1. The molecule has 288 valence electrons. The van der Waals surface area contributed by atoms with Crippen LogP contribution in [-0.4, -0.2) is 91.4 Å². The summed E-state index contributed by atoms with van der Waals surface area (Å²) in [5.74, 6) is 4.38. The highest BCUT2D eigenvalue weighted by molar-refractivity contribution is 7.22. The van der Waals surface area contributed by atoms with E-state index in [0.717, 1.165) is 54.0 Å². The van der Waals surface area contributed by atoms with Gasteiger partial charge in [0.25, 0.3) is 5.91 Å². The summed E-state index contributed by atoms with van der Waals surface area (Å²) in [6.07, 6.45) is 2.57. The van der Waals surface area contributed by atoms with Crippen LogP contribution in [0.25, 0.3) is 10.2 Å². The highest BCUT2D eigenvalue weighted by Gasteiger charge is 2.27. The highest BCUT2D eigenvalue weighted by Crippen LogP contribution is 2.33. The SMILES string of the molecule is CCCOCCNCCN(C)CC#Cc1ccc(OCCCc2sc(N3CCc4cccc(C(=O)Nc5nc6ccccc6s5)c4C3)nc2C(=O)O)c(F)c1. The first-order chi connectivity index (χ1) is 26.8.